The van der Waals surface area contributed by atoms with Crippen molar-refractivity contribution in [1.82, 2.24) is 9.88 Å². The van der Waals surface area contributed by atoms with E-state index in [1.54, 1.807) is 0 Å². The normalized spacial score (nSPS) is 12.6. The van der Waals surface area contributed by atoms with Gasteiger partial charge >= 0.3 is 0 Å². The number of nitrogens with zero attached hydrogens (tertiary/aromatic N) is 1. The second-order valence-corrected chi connectivity index (χ2v) is 4.56. The van der Waals surface area contributed by atoms with Crippen LogP contribution in [0.2, 0.25) is 0 Å². The lowest BCUT2D eigenvalue weighted by atomic mass is 10.1. The molecule has 1 atom stereocenters. The molecule has 0 fully saturated rings. The van der Waals surface area contributed by atoms with Crippen molar-refractivity contribution in [2.45, 2.75) is 26.4 Å². The maximum absolute atomic E-state index is 3.28. The maximum Gasteiger partial charge on any atom is 0.0473 e. The summed E-state index contributed by atoms with van der Waals surface area (Å²) in [7, 11) is 1.99. The first-order valence-electron chi connectivity index (χ1n) is 6.08. The highest BCUT2D eigenvalue weighted by atomic mass is 15.0. The number of hydrogen-bond donors (Lipinski definition) is 1. The Labute approximate surface area is 103 Å². The molecule has 0 saturated carbocycles. The summed E-state index contributed by atoms with van der Waals surface area (Å²) >= 11 is 0. The lowest BCUT2D eigenvalue weighted by Crippen LogP contribution is -2.16. The van der Waals surface area contributed by atoms with E-state index in [9.17, 15) is 0 Å². The summed E-state index contributed by atoms with van der Waals surface area (Å²) in [6.45, 7) is 5.24. The Morgan fingerprint density at radius 2 is 1.88 bits per heavy atom. The van der Waals surface area contributed by atoms with Crippen molar-refractivity contribution in [2.24, 2.45) is 0 Å². The molecule has 0 radical (unpaired) electrons. The van der Waals surface area contributed by atoms with Gasteiger partial charge in [-0.05, 0) is 38.6 Å². The minimum atomic E-state index is 0.385. The lowest BCUT2D eigenvalue weighted by Gasteiger charge is -2.15. The van der Waals surface area contributed by atoms with E-state index in [1.165, 1.54) is 16.8 Å². The van der Waals surface area contributed by atoms with E-state index < -0.39 is 0 Å². The van der Waals surface area contributed by atoms with E-state index in [0.29, 0.717) is 6.04 Å². The van der Waals surface area contributed by atoms with Crippen LogP contribution in [0.25, 0.3) is 0 Å². The molecule has 1 unspecified atom stereocenters. The third kappa shape index (κ3) is 2.77. The van der Waals surface area contributed by atoms with Gasteiger partial charge in [-0.3, -0.25) is 0 Å². The van der Waals surface area contributed by atoms with Crippen molar-refractivity contribution in [1.29, 1.82) is 0 Å². The van der Waals surface area contributed by atoms with Crippen molar-refractivity contribution in [2.75, 3.05) is 7.05 Å². The zero-order valence-corrected chi connectivity index (χ0v) is 10.8. The van der Waals surface area contributed by atoms with Crippen LogP contribution in [-0.2, 0) is 6.54 Å². The molecule has 2 heteroatoms. The number of hydrogen-bond acceptors (Lipinski definition) is 1. The van der Waals surface area contributed by atoms with E-state index in [4.69, 9.17) is 0 Å². The van der Waals surface area contributed by atoms with Crippen LogP contribution < -0.4 is 5.32 Å². The number of benzene rings is 1. The van der Waals surface area contributed by atoms with Gasteiger partial charge in [0.05, 0.1) is 0 Å². The fraction of sp³-hybridized carbons (Fsp3) is 0.333. The Hall–Kier alpha value is -1.54. The molecule has 0 bridgehead atoms. The van der Waals surface area contributed by atoms with Crippen LogP contribution in [0.3, 0.4) is 0 Å². The standard InChI is InChI=1S/C15H20N2/c1-12-6-8-14(9-7-12)11-17-10-4-5-15(17)13(2)16-3/h4-10,13,16H,11H2,1-3H3. The van der Waals surface area contributed by atoms with E-state index >= 15 is 0 Å². The van der Waals surface area contributed by atoms with E-state index in [1.807, 2.05) is 7.05 Å². The Morgan fingerprint density at radius 3 is 2.53 bits per heavy atom. The first-order chi connectivity index (χ1) is 8.20. The summed E-state index contributed by atoms with van der Waals surface area (Å²) in [6.07, 6.45) is 2.14. The molecule has 0 saturated heterocycles. The van der Waals surface area contributed by atoms with Crippen LogP contribution in [0.15, 0.2) is 42.6 Å². The molecular weight excluding hydrogens is 208 g/mol. The van der Waals surface area contributed by atoms with E-state index in [0.717, 1.165) is 6.54 Å². The molecule has 2 nitrogen and oxygen atoms in total. The molecule has 0 aliphatic heterocycles. The summed E-state index contributed by atoms with van der Waals surface area (Å²) in [5.41, 5.74) is 3.98. The summed E-state index contributed by atoms with van der Waals surface area (Å²) in [5.74, 6) is 0. The van der Waals surface area contributed by atoms with Crippen LogP contribution in [0, 0.1) is 6.92 Å². The van der Waals surface area contributed by atoms with Crippen LogP contribution in [-0.4, -0.2) is 11.6 Å². The SMILES string of the molecule is CNC(C)c1cccn1Cc1ccc(C)cc1. The molecule has 0 aliphatic carbocycles. The zero-order chi connectivity index (χ0) is 12.3. The quantitative estimate of drug-likeness (QED) is 0.850. The third-order valence-electron chi connectivity index (χ3n) is 3.21. The molecule has 0 amide bonds. The molecule has 1 heterocycles. The van der Waals surface area contributed by atoms with Gasteiger partial charge in [-0.2, -0.15) is 0 Å². The molecular formula is C15H20N2. The monoisotopic (exact) mass is 228 g/mol. The molecule has 0 spiro atoms. The van der Waals surface area contributed by atoms with Gasteiger partial charge < -0.3 is 9.88 Å². The summed E-state index contributed by atoms with van der Waals surface area (Å²) < 4.78 is 2.30. The van der Waals surface area contributed by atoms with E-state index in [2.05, 4.69) is 66.3 Å². The first kappa shape index (κ1) is 11.9. The fourth-order valence-electron chi connectivity index (χ4n) is 2.00. The Morgan fingerprint density at radius 1 is 1.18 bits per heavy atom. The van der Waals surface area contributed by atoms with Crippen LogP contribution in [0.5, 0.6) is 0 Å². The molecule has 1 aromatic heterocycles. The van der Waals surface area contributed by atoms with Crippen LogP contribution in [0.1, 0.15) is 29.8 Å². The van der Waals surface area contributed by atoms with Crippen molar-refractivity contribution < 1.29 is 0 Å². The van der Waals surface area contributed by atoms with E-state index in [-0.39, 0.29) is 0 Å². The predicted octanol–water partition coefficient (Wildman–Crippen LogP) is 3.13. The highest BCUT2D eigenvalue weighted by Gasteiger charge is 2.07. The Kier molecular flexibility index (Phi) is 3.64. The van der Waals surface area contributed by atoms with Gasteiger partial charge in [0, 0.05) is 24.5 Å². The minimum absolute atomic E-state index is 0.385. The molecule has 2 aromatic rings. The van der Waals surface area contributed by atoms with Gasteiger partial charge in [0.15, 0.2) is 0 Å². The second-order valence-electron chi connectivity index (χ2n) is 4.56. The van der Waals surface area contributed by atoms with Gasteiger partial charge in [0.1, 0.15) is 0 Å². The van der Waals surface area contributed by atoms with Crippen molar-refractivity contribution >= 4 is 0 Å². The molecule has 90 valence electrons. The lowest BCUT2D eigenvalue weighted by molar-refractivity contribution is 0.589. The number of nitrogens with one attached hydrogen (secondary N) is 1. The minimum Gasteiger partial charge on any atom is -0.346 e. The number of rotatable bonds is 4. The van der Waals surface area contributed by atoms with Gasteiger partial charge in [0.2, 0.25) is 0 Å². The van der Waals surface area contributed by atoms with Crippen LogP contribution in [0.4, 0.5) is 0 Å². The smallest absolute Gasteiger partial charge is 0.0473 e. The second kappa shape index (κ2) is 5.19. The number of aryl methyl sites for hydroxylation is 1. The van der Waals surface area contributed by atoms with Gasteiger partial charge in [-0.1, -0.05) is 29.8 Å². The summed E-state index contributed by atoms with van der Waals surface area (Å²) in [4.78, 5) is 0. The molecule has 1 aromatic carbocycles. The Bertz CT molecular complexity index is 468. The summed E-state index contributed by atoms with van der Waals surface area (Å²) in [6, 6.07) is 13.4. The van der Waals surface area contributed by atoms with Crippen molar-refractivity contribution in [3.05, 3.63) is 59.4 Å². The topological polar surface area (TPSA) is 17.0 Å². The van der Waals surface area contributed by atoms with Gasteiger partial charge in [-0.25, -0.2) is 0 Å². The maximum atomic E-state index is 3.28. The molecule has 1 N–H and O–H groups in total. The zero-order valence-electron chi connectivity index (χ0n) is 10.8. The molecule has 17 heavy (non-hydrogen) atoms. The Balaban J connectivity index is 2.18. The van der Waals surface area contributed by atoms with Gasteiger partial charge in [-0.15, -0.1) is 0 Å². The first-order valence-corrected chi connectivity index (χ1v) is 6.08. The summed E-state index contributed by atoms with van der Waals surface area (Å²) in [5, 5.41) is 3.28. The third-order valence-corrected chi connectivity index (χ3v) is 3.21. The van der Waals surface area contributed by atoms with Crippen molar-refractivity contribution in [3.8, 4) is 0 Å². The average molecular weight is 228 g/mol. The average Bonchev–Trinajstić information content (AvgIpc) is 2.79. The molecule has 2 rings (SSSR count). The fourth-order valence-corrected chi connectivity index (χ4v) is 2.00. The van der Waals surface area contributed by atoms with Crippen LogP contribution >= 0.6 is 0 Å². The highest BCUT2D eigenvalue weighted by molar-refractivity contribution is 5.23. The van der Waals surface area contributed by atoms with Crippen molar-refractivity contribution in [3.63, 3.8) is 0 Å². The largest absolute Gasteiger partial charge is 0.346 e. The highest BCUT2D eigenvalue weighted by Crippen LogP contribution is 2.15. The number of aromatic nitrogens is 1. The predicted molar refractivity (Wildman–Crippen MR) is 72.2 cm³/mol. The van der Waals surface area contributed by atoms with Gasteiger partial charge in [0.25, 0.3) is 0 Å². The molecule has 0 aliphatic rings.